The van der Waals surface area contributed by atoms with Gasteiger partial charge in [0.2, 0.25) is 0 Å². The van der Waals surface area contributed by atoms with Crippen molar-refractivity contribution in [1.29, 1.82) is 0 Å². The number of aromatic amines is 1. The van der Waals surface area contributed by atoms with Crippen molar-refractivity contribution in [1.82, 2.24) is 29.9 Å². The summed E-state index contributed by atoms with van der Waals surface area (Å²) in [6, 6.07) is 2.10. The van der Waals surface area contributed by atoms with Crippen LogP contribution in [-0.2, 0) is 0 Å². The molecular weight excluding hydrogens is 420 g/mol. The van der Waals surface area contributed by atoms with Crippen LogP contribution in [0.25, 0.3) is 22.2 Å². The quantitative estimate of drug-likeness (QED) is 0.466. The van der Waals surface area contributed by atoms with Crippen LogP contribution in [0.1, 0.15) is 30.9 Å². The van der Waals surface area contributed by atoms with E-state index in [0.29, 0.717) is 16.7 Å². The molecule has 0 spiro atoms. The molecule has 4 aromatic heterocycles. The van der Waals surface area contributed by atoms with E-state index in [9.17, 15) is 0 Å². The lowest BCUT2D eigenvalue weighted by Crippen LogP contribution is -2.27. The Morgan fingerprint density at radius 3 is 2.80 bits per heavy atom. The number of halogens is 1. The number of pyridine rings is 1. The molecule has 2 fully saturated rings. The van der Waals surface area contributed by atoms with Gasteiger partial charge in [-0.3, -0.25) is 4.98 Å². The maximum atomic E-state index is 6.79. The summed E-state index contributed by atoms with van der Waals surface area (Å²) in [5, 5.41) is 2.30. The molecule has 0 bridgehead atoms. The van der Waals surface area contributed by atoms with Gasteiger partial charge in [0.25, 0.3) is 0 Å². The number of anilines is 1. The first kappa shape index (κ1) is 18.3. The van der Waals surface area contributed by atoms with Crippen LogP contribution >= 0.6 is 23.4 Å². The Kier molecular flexibility index (Phi) is 4.29. The van der Waals surface area contributed by atoms with Crippen molar-refractivity contribution in [3.05, 3.63) is 35.4 Å². The Balaban J connectivity index is 1.45. The molecule has 8 nitrogen and oxygen atoms in total. The maximum absolute atomic E-state index is 6.79. The molecule has 152 valence electrons. The summed E-state index contributed by atoms with van der Waals surface area (Å²) in [7, 11) is 0. The molecule has 0 amide bonds. The second-order valence-corrected chi connectivity index (χ2v) is 9.27. The Labute approximate surface area is 181 Å². The van der Waals surface area contributed by atoms with Crippen molar-refractivity contribution >= 4 is 51.4 Å². The molecule has 5 heterocycles. The highest BCUT2D eigenvalue weighted by Crippen LogP contribution is 2.47. The smallest absolute Gasteiger partial charge is 0.196 e. The summed E-state index contributed by atoms with van der Waals surface area (Å²) < 4.78 is 0. The number of hydrogen-bond donors (Lipinski definition) is 2. The molecule has 10 heteroatoms. The summed E-state index contributed by atoms with van der Waals surface area (Å²) in [6.07, 6.45) is 8.34. The molecule has 1 aliphatic heterocycles. The van der Waals surface area contributed by atoms with E-state index in [2.05, 4.69) is 24.8 Å². The molecule has 4 aromatic rings. The minimum Gasteiger partial charge on any atom is -0.354 e. The van der Waals surface area contributed by atoms with Gasteiger partial charge in [0, 0.05) is 54.2 Å². The van der Waals surface area contributed by atoms with Gasteiger partial charge in [-0.25, -0.2) is 19.9 Å². The molecule has 1 saturated heterocycles. The van der Waals surface area contributed by atoms with Crippen molar-refractivity contribution in [2.24, 2.45) is 5.73 Å². The monoisotopic (exact) mass is 438 g/mol. The van der Waals surface area contributed by atoms with E-state index in [1.807, 2.05) is 6.07 Å². The summed E-state index contributed by atoms with van der Waals surface area (Å²) in [5.41, 5.74) is 9.39. The molecule has 1 atom stereocenters. The van der Waals surface area contributed by atoms with E-state index in [1.54, 1.807) is 18.6 Å². The first-order chi connectivity index (χ1) is 14.7. The molecule has 6 rings (SSSR count). The third kappa shape index (κ3) is 3.17. The molecule has 0 radical (unpaired) electrons. The number of nitrogens with one attached hydrogen (secondary N) is 1. The number of rotatable bonds is 4. The highest BCUT2D eigenvalue weighted by atomic mass is 35.5. The zero-order valence-corrected chi connectivity index (χ0v) is 17.6. The molecule has 1 aliphatic carbocycles. The molecule has 0 unspecified atom stereocenters. The highest BCUT2D eigenvalue weighted by molar-refractivity contribution is 7.99. The highest BCUT2D eigenvalue weighted by Gasteiger charge is 2.32. The van der Waals surface area contributed by atoms with Crippen LogP contribution in [0.3, 0.4) is 0 Å². The van der Waals surface area contributed by atoms with Crippen molar-refractivity contribution in [3.8, 4) is 0 Å². The van der Waals surface area contributed by atoms with Crippen LogP contribution < -0.4 is 10.6 Å². The van der Waals surface area contributed by atoms with Crippen LogP contribution in [-0.4, -0.2) is 49.0 Å². The van der Waals surface area contributed by atoms with Crippen LogP contribution in [0, 0.1) is 0 Å². The first-order valence-corrected chi connectivity index (χ1v) is 11.2. The van der Waals surface area contributed by atoms with Gasteiger partial charge in [-0.05, 0) is 37.1 Å². The largest absolute Gasteiger partial charge is 0.354 e. The Bertz CT molecular complexity index is 1270. The van der Waals surface area contributed by atoms with E-state index >= 15 is 0 Å². The van der Waals surface area contributed by atoms with Gasteiger partial charge in [0.15, 0.2) is 10.8 Å². The third-order valence-electron chi connectivity index (χ3n) is 5.60. The Morgan fingerprint density at radius 1 is 1.13 bits per heavy atom. The second kappa shape index (κ2) is 7.04. The Hall–Kier alpha value is -2.49. The van der Waals surface area contributed by atoms with Crippen molar-refractivity contribution < 1.29 is 0 Å². The fraction of sp³-hybridized carbons (Fsp3) is 0.350. The van der Waals surface area contributed by atoms with Crippen molar-refractivity contribution in [3.63, 3.8) is 0 Å². The van der Waals surface area contributed by atoms with Gasteiger partial charge in [0.1, 0.15) is 17.0 Å². The summed E-state index contributed by atoms with van der Waals surface area (Å²) in [4.78, 5) is 29.2. The van der Waals surface area contributed by atoms with E-state index < -0.39 is 0 Å². The van der Waals surface area contributed by atoms with Gasteiger partial charge in [-0.2, -0.15) is 0 Å². The van der Waals surface area contributed by atoms with E-state index in [4.69, 9.17) is 27.3 Å². The van der Waals surface area contributed by atoms with Crippen LogP contribution in [0.4, 0.5) is 5.82 Å². The minimum atomic E-state index is 0.148. The lowest BCUT2D eigenvalue weighted by Gasteiger charge is -2.18. The summed E-state index contributed by atoms with van der Waals surface area (Å²) in [6.45, 7) is 1.63. The average Bonchev–Trinajstić information content (AvgIpc) is 3.42. The fourth-order valence-electron chi connectivity index (χ4n) is 3.95. The molecule has 30 heavy (non-hydrogen) atoms. The molecule has 3 N–H and O–H groups in total. The molecular formula is C20H19ClN8S. The van der Waals surface area contributed by atoms with Crippen LogP contribution in [0.2, 0.25) is 5.02 Å². The summed E-state index contributed by atoms with van der Waals surface area (Å²) >= 11 is 8.25. The molecule has 2 aliphatic rings. The molecule has 0 aromatic carbocycles. The van der Waals surface area contributed by atoms with Gasteiger partial charge in [-0.15, -0.1) is 0 Å². The number of nitrogens with two attached hydrogens (primary N) is 1. The maximum Gasteiger partial charge on any atom is 0.196 e. The van der Waals surface area contributed by atoms with Crippen LogP contribution in [0.5, 0.6) is 0 Å². The topological polar surface area (TPSA) is 110 Å². The van der Waals surface area contributed by atoms with Gasteiger partial charge in [-0.1, -0.05) is 11.6 Å². The van der Waals surface area contributed by atoms with E-state index in [0.717, 1.165) is 70.3 Å². The third-order valence-corrected chi connectivity index (χ3v) is 6.81. The first-order valence-electron chi connectivity index (χ1n) is 10.00. The van der Waals surface area contributed by atoms with E-state index in [-0.39, 0.29) is 6.04 Å². The van der Waals surface area contributed by atoms with Crippen molar-refractivity contribution in [2.75, 3.05) is 18.0 Å². The van der Waals surface area contributed by atoms with E-state index in [1.165, 1.54) is 11.8 Å². The Morgan fingerprint density at radius 2 is 2.00 bits per heavy atom. The lowest BCUT2D eigenvalue weighted by molar-refractivity contribution is 0.751. The fourth-order valence-corrected chi connectivity index (χ4v) is 5.08. The predicted octanol–water partition coefficient (Wildman–Crippen LogP) is 3.52. The predicted molar refractivity (Wildman–Crippen MR) is 117 cm³/mol. The van der Waals surface area contributed by atoms with Crippen LogP contribution in [0.15, 0.2) is 34.7 Å². The normalized spacial score (nSPS) is 19.3. The number of hydrogen-bond acceptors (Lipinski definition) is 8. The average molecular weight is 439 g/mol. The minimum absolute atomic E-state index is 0.148. The summed E-state index contributed by atoms with van der Waals surface area (Å²) in [5.74, 6) is 1.36. The van der Waals surface area contributed by atoms with Gasteiger partial charge >= 0.3 is 0 Å². The number of H-pyrrole nitrogens is 1. The number of fused-ring (bicyclic) bond motifs is 2. The molecule has 1 saturated carbocycles. The SMILES string of the molecule is N[C@H]1CCN(c2nc(Sc3cnc4nccnc4c3)nc3[nH]c(C4CC4)c(Cl)c23)C1. The number of aromatic nitrogens is 6. The zero-order valence-electron chi connectivity index (χ0n) is 16.0. The van der Waals surface area contributed by atoms with Crippen molar-refractivity contribution in [2.45, 2.75) is 41.3 Å². The van der Waals surface area contributed by atoms with Gasteiger partial charge in [0.05, 0.1) is 10.4 Å². The van der Waals surface area contributed by atoms with Gasteiger partial charge < -0.3 is 15.6 Å². The lowest BCUT2D eigenvalue weighted by atomic mass is 10.2. The number of nitrogens with zero attached hydrogens (tertiary/aromatic N) is 6. The second-order valence-electron chi connectivity index (χ2n) is 7.85. The standard InChI is InChI=1S/C20H19ClN8S/c21-15-14-18(26-16(15)10-1-2-10)27-20(28-19(14)29-6-3-11(22)9-29)30-12-7-13-17(25-8-12)24-5-4-23-13/h4-5,7-8,10-11H,1-3,6,9,22H2,(H,26,27,28)/t11-/m0/s1. The zero-order chi connectivity index (χ0) is 20.2.